The van der Waals surface area contributed by atoms with Gasteiger partial charge in [0.2, 0.25) is 11.7 Å². The van der Waals surface area contributed by atoms with E-state index in [1.54, 1.807) is 43.5 Å². The molecule has 0 unspecified atom stereocenters. The topological polar surface area (TPSA) is 86.5 Å². The number of hydrogen-bond donors (Lipinski definition) is 1. The van der Waals surface area contributed by atoms with E-state index in [1.165, 1.54) is 0 Å². The second-order valence-corrected chi connectivity index (χ2v) is 5.70. The van der Waals surface area contributed by atoms with Gasteiger partial charge in [-0.25, -0.2) is 0 Å². The molecule has 1 heterocycles. The molecule has 3 rings (SSSR count). The molecule has 26 heavy (non-hydrogen) atoms. The first-order valence-electron chi connectivity index (χ1n) is 7.76. The van der Waals surface area contributed by atoms with Crippen molar-refractivity contribution < 1.29 is 18.8 Å². The van der Waals surface area contributed by atoms with E-state index in [4.69, 9.17) is 25.6 Å². The zero-order valence-corrected chi connectivity index (χ0v) is 14.7. The summed E-state index contributed by atoms with van der Waals surface area (Å²) in [6, 6.07) is 14.0. The maximum atomic E-state index is 11.8. The van der Waals surface area contributed by atoms with Crippen LogP contribution in [0.25, 0.3) is 11.4 Å². The number of carbonyl (C=O) groups is 1. The molecule has 0 aliphatic rings. The monoisotopic (exact) mass is 373 g/mol. The molecular formula is C18H16ClN3O4. The lowest BCUT2D eigenvalue weighted by molar-refractivity contribution is -0.123. The van der Waals surface area contributed by atoms with Gasteiger partial charge in [-0.2, -0.15) is 4.98 Å². The van der Waals surface area contributed by atoms with Crippen LogP contribution in [0, 0.1) is 0 Å². The lowest BCUT2D eigenvalue weighted by Gasteiger charge is -2.05. The van der Waals surface area contributed by atoms with Crippen molar-refractivity contribution in [3.8, 4) is 22.9 Å². The predicted molar refractivity (Wildman–Crippen MR) is 95.1 cm³/mol. The molecule has 2 aromatic carbocycles. The van der Waals surface area contributed by atoms with Gasteiger partial charge in [0.15, 0.2) is 6.61 Å². The van der Waals surface area contributed by atoms with Crippen LogP contribution in [0.5, 0.6) is 11.5 Å². The third kappa shape index (κ3) is 4.73. The molecule has 134 valence electrons. The van der Waals surface area contributed by atoms with E-state index in [-0.39, 0.29) is 19.1 Å². The summed E-state index contributed by atoms with van der Waals surface area (Å²) >= 11 is 5.79. The summed E-state index contributed by atoms with van der Waals surface area (Å²) in [5.41, 5.74) is 0.790. The number of carbonyl (C=O) groups excluding carboxylic acids is 1. The van der Waals surface area contributed by atoms with Crippen molar-refractivity contribution in [3.05, 3.63) is 59.4 Å². The maximum absolute atomic E-state index is 11.8. The maximum Gasteiger partial charge on any atom is 0.258 e. The van der Waals surface area contributed by atoms with Gasteiger partial charge in [0.05, 0.1) is 13.7 Å². The van der Waals surface area contributed by atoms with Crippen LogP contribution in [0.3, 0.4) is 0 Å². The van der Waals surface area contributed by atoms with Gasteiger partial charge in [0, 0.05) is 10.6 Å². The Morgan fingerprint density at radius 2 is 1.81 bits per heavy atom. The van der Waals surface area contributed by atoms with Gasteiger partial charge < -0.3 is 19.3 Å². The van der Waals surface area contributed by atoms with Gasteiger partial charge in [-0.1, -0.05) is 16.8 Å². The fourth-order valence-corrected chi connectivity index (χ4v) is 2.21. The first-order valence-corrected chi connectivity index (χ1v) is 8.14. The molecular weight excluding hydrogens is 358 g/mol. The Kier molecular flexibility index (Phi) is 5.70. The van der Waals surface area contributed by atoms with E-state index in [1.807, 2.05) is 12.1 Å². The summed E-state index contributed by atoms with van der Waals surface area (Å²) in [7, 11) is 1.60. The van der Waals surface area contributed by atoms with Crippen molar-refractivity contribution in [1.82, 2.24) is 15.5 Å². The van der Waals surface area contributed by atoms with E-state index in [0.29, 0.717) is 22.5 Å². The van der Waals surface area contributed by atoms with Gasteiger partial charge in [0.1, 0.15) is 11.5 Å². The Morgan fingerprint density at radius 1 is 1.12 bits per heavy atom. The smallest absolute Gasteiger partial charge is 0.258 e. The number of aromatic nitrogens is 2. The largest absolute Gasteiger partial charge is 0.497 e. The predicted octanol–water partition coefficient (Wildman–Crippen LogP) is 3.09. The number of benzene rings is 2. The molecule has 0 saturated carbocycles. The average molecular weight is 374 g/mol. The van der Waals surface area contributed by atoms with Crippen molar-refractivity contribution >= 4 is 17.5 Å². The molecule has 0 atom stereocenters. The Labute approximate surface area is 154 Å². The Hall–Kier alpha value is -3.06. The summed E-state index contributed by atoms with van der Waals surface area (Å²) in [6.45, 7) is -0.00687. The third-order valence-corrected chi connectivity index (χ3v) is 3.69. The molecule has 1 N–H and O–H groups in total. The fraction of sp³-hybridized carbons (Fsp3) is 0.167. The van der Waals surface area contributed by atoms with Gasteiger partial charge in [-0.3, -0.25) is 4.79 Å². The summed E-state index contributed by atoms with van der Waals surface area (Å²) in [5.74, 6) is 1.74. The number of nitrogens with one attached hydrogen (secondary N) is 1. The highest BCUT2D eigenvalue weighted by Gasteiger charge is 2.10. The summed E-state index contributed by atoms with van der Waals surface area (Å²) in [6.07, 6.45) is 0. The lowest BCUT2D eigenvalue weighted by atomic mass is 10.2. The van der Waals surface area contributed by atoms with E-state index >= 15 is 0 Å². The Bertz CT molecular complexity index is 863. The molecule has 7 nitrogen and oxygen atoms in total. The number of halogens is 1. The minimum Gasteiger partial charge on any atom is -0.497 e. The molecule has 0 saturated heterocycles. The molecule has 1 aromatic heterocycles. The Morgan fingerprint density at radius 3 is 2.50 bits per heavy atom. The van der Waals surface area contributed by atoms with Crippen molar-refractivity contribution in [2.45, 2.75) is 6.54 Å². The molecule has 0 spiro atoms. The van der Waals surface area contributed by atoms with E-state index < -0.39 is 0 Å². The average Bonchev–Trinajstić information content (AvgIpc) is 3.15. The van der Waals surface area contributed by atoms with E-state index in [2.05, 4.69) is 15.5 Å². The Balaban J connectivity index is 1.49. The molecule has 0 fully saturated rings. The van der Waals surface area contributed by atoms with Crippen LogP contribution in [-0.4, -0.2) is 29.8 Å². The molecule has 0 radical (unpaired) electrons. The zero-order valence-electron chi connectivity index (χ0n) is 13.9. The minimum atomic E-state index is -0.302. The molecule has 8 heteroatoms. The highest BCUT2D eigenvalue weighted by Crippen LogP contribution is 2.19. The number of nitrogens with zero attached hydrogens (tertiary/aromatic N) is 2. The van der Waals surface area contributed by atoms with Crippen molar-refractivity contribution in [3.63, 3.8) is 0 Å². The second kappa shape index (κ2) is 8.35. The molecule has 0 aliphatic carbocycles. The molecule has 0 bridgehead atoms. The van der Waals surface area contributed by atoms with Crippen molar-refractivity contribution in [1.29, 1.82) is 0 Å². The van der Waals surface area contributed by atoms with Crippen LogP contribution < -0.4 is 14.8 Å². The van der Waals surface area contributed by atoms with Crippen LogP contribution in [0.1, 0.15) is 5.89 Å². The van der Waals surface area contributed by atoms with Crippen LogP contribution in [0.2, 0.25) is 5.02 Å². The number of amides is 1. The third-order valence-electron chi connectivity index (χ3n) is 3.44. The highest BCUT2D eigenvalue weighted by molar-refractivity contribution is 6.30. The number of hydrogen-bond acceptors (Lipinski definition) is 6. The number of rotatable bonds is 7. The number of ether oxygens (including phenoxy) is 2. The van der Waals surface area contributed by atoms with Crippen LogP contribution in [0.15, 0.2) is 53.1 Å². The van der Waals surface area contributed by atoms with Gasteiger partial charge in [-0.05, 0) is 48.5 Å². The van der Waals surface area contributed by atoms with Crippen LogP contribution in [-0.2, 0) is 11.3 Å². The molecule has 3 aromatic rings. The van der Waals surface area contributed by atoms with Crippen molar-refractivity contribution in [2.24, 2.45) is 0 Å². The first kappa shape index (κ1) is 17.8. The number of methoxy groups -OCH3 is 1. The zero-order chi connectivity index (χ0) is 18.4. The minimum absolute atomic E-state index is 0.117. The normalized spacial score (nSPS) is 10.4. The van der Waals surface area contributed by atoms with Gasteiger partial charge in [-0.15, -0.1) is 0 Å². The standard InChI is InChI=1S/C18H16ClN3O4/c1-24-14-6-2-12(3-7-14)18-21-17(26-22-18)10-20-16(23)11-25-15-8-4-13(19)5-9-15/h2-9H,10-11H2,1H3,(H,20,23). The van der Waals surface area contributed by atoms with E-state index in [9.17, 15) is 4.79 Å². The molecule has 0 aliphatic heterocycles. The van der Waals surface area contributed by atoms with Gasteiger partial charge >= 0.3 is 0 Å². The first-order chi connectivity index (χ1) is 12.6. The fourth-order valence-electron chi connectivity index (χ4n) is 2.09. The summed E-state index contributed by atoms with van der Waals surface area (Å²) < 4.78 is 15.6. The SMILES string of the molecule is COc1ccc(-c2noc(CNC(=O)COc3ccc(Cl)cc3)n2)cc1. The lowest BCUT2D eigenvalue weighted by Crippen LogP contribution is -2.28. The summed E-state index contributed by atoms with van der Waals surface area (Å²) in [5, 5.41) is 7.16. The molecule has 1 amide bonds. The van der Waals surface area contributed by atoms with Crippen molar-refractivity contribution in [2.75, 3.05) is 13.7 Å². The highest BCUT2D eigenvalue weighted by atomic mass is 35.5. The van der Waals surface area contributed by atoms with Crippen LogP contribution >= 0.6 is 11.6 Å². The van der Waals surface area contributed by atoms with E-state index in [0.717, 1.165) is 11.3 Å². The van der Waals surface area contributed by atoms with Crippen LogP contribution in [0.4, 0.5) is 0 Å². The summed E-state index contributed by atoms with van der Waals surface area (Å²) in [4.78, 5) is 16.1. The quantitative estimate of drug-likeness (QED) is 0.684. The van der Waals surface area contributed by atoms with Gasteiger partial charge in [0.25, 0.3) is 5.91 Å². The second-order valence-electron chi connectivity index (χ2n) is 5.26.